The third-order valence-electron chi connectivity index (χ3n) is 4.60. The largest absolute Gasteiger partial charge is 0.341 e. The second-order valence-electron chi connectivity index (χ2n) is 6.14. The SMILES string of the molecule is CCn1c2ccccc2c2cc(NC(=O)c3cccc(C#N)c3)ccc21. The number of carbonyl (C=O) groups excluding carboxylic acids is 1. The minimum Gasteiger partial charge on any atom is -0.341 e. The quantitative estimate of drug-likeness (QED) is 0.575. The third kappa shape index (κ3) is 2.60. The topological polar surface area (TPSA) is 57.8 Å². The summed E-state index contributed by atoms with van der Waals surface area (Å²) in [6.45, 7) is 3.01. The van der Waals surface area contributed by atoms with Crippen molar-refractivity contribution in [2.75, 3.05) is 5.32 Å². The number of hydrogen-bond donors (Lipinski definition) is 1. The average molecular weight is 339 g/mol. The smallest absolute Gasteiger partial charge is 0.255 e. The van der Waals surface area contributed by atoms with Gasteiger partial charge in [-0.2, -0.15) is 5.26 Å². The molecular formula is C22H17N3O. The van der Waals surface area contributed by atoms with Crippen LogP contribution in [-0.4, -0.2) is 10.5 Å². The molecule has 0 fully saturated rings. The molecule has 1 heterocycles. The van der Waals surface area contributed by atoms with Crippen LogP contribution < -0.4 is 5.32 Å². The van der Waals surface area contributed by atoms with Crippen molar-refractivity contribution in [1.29, 1.82) is 5.26 Å². The van der Waals surface area contributed by atoms with Gasteiger partial charge in [-0.05, 0) is 49.4 Å². The highest BCUT2D eigenvalue weighted by Gasteiger charge is 2.11. The maximum atomic E-state index is 12.5. The van der Waals surface area contributed by atoms with Gasteiger partial charge in [0.15, 0.2) is 0 Å². The summed E-state index contributed by atoms with van der Waals surface area (Å²) in [6.07, 6.45) is 0. The van der Waals surface area contributed by atoms with E-state index in [9.17, 15) is 4.79 Å². The zero-order chi connectivity index (χ0) is 18.1. The number of fused-ring (bicyclic) bond motifs is 3. The van der Waals surface area contributed by atoms with Crippen LogP contribution >= 0.6 is 0 Å². The van der Waals surface area contributed by atoms with Crippen molar-refractivity contribution in [1.82, 2.24) is 4.57 Å². The number of nitrogens with one attached hydrogen (secondary N) is 1. The summed E-state index contributed by atoms with van der Waals surface area (Å²) in [7, 11) is 0. The Morgan fingerprint density at radius 2 is 1.81 bits per heavy atom. The van der Waals surface area contributed by atoms with E-state index in [2.05, 4.69) is 35.0 Å². The van der Waals surface area contributed by atoms with E-state index >= 15 is 0 Å². The van der Waals surface area contributed by atoms with Gasteiger partial charge in [0.2, 0.25) is 0 Å². The van der Waals surface area contributed by atoms with Crippen molar-refractivity contribution in [3.05, 3.63) is 77.9 Å². The molecule has 0 radical (unpaired) electrons. The maximum absolute atomic E-state index is 12.5. The summed E-state index contributed by atoms with van der Waals surface area (Å²) in [6, 6.07) is 23.0. The molecule has 4 aromatic rings. The molecule has 1 aromatic heterocycles. The van der Waals surface area contributed by atoms with Gasteiger partial charge in [0.25, 0.3) is 5.91 Å². The number of aromatic nitrogens is 1. The zero-order valence-corrected chi connectivity index (χ0v) is 14.4. The molecule has 3 aromatic carbocycles. The average Bonchev–Trinajstić information content (AvgIpc) is 3.01. The van der Waals surface area contributed by atoms with Crippen molar-refractivity contribution in [3.63, 3.8) is 0 Å². The van der Waals surface area contributed by atoms with Crippen molar-refractivity contribution < 1.29 is 4.79 Å². The number of aryl methyl sites for hydroxylation is 1. The molecule has 0 atom stereocenters. The number of para-hydroxylation sites is 1. The minimum atomic E-state index is -0.222. The van der Waals surface area contributed by atoms with Gasteiger partial charge in [0.1, 0.15) is 0 Å². The Morgan fingerprint density at radius 3 is 2.62 bits per heavy atom. The van der Waals surface area contributed by atoms with Crippen LogP contribution in [-0.2, 0) is 6.54 Å². The van der Waals surface area contributed by atoms with Gasteiger partial charge in [-0.25, -0.2) is 0 Å². The van der Waals surface area contributed by atoms with Crippen LogP contribution in [0, 0.1) is 11.3 Å². The van der Waals surface area contributed by atoms with E-state index in [1.807, 2.05) is 30.3 Å². The molecule has 4 rings (SSSR count). The fourth-order valence-corrected chi connectivity index (χ4v) is 3.41. The summed E-state index contributed by atoms with van der Waals surface area (Å²) in [4.78, 5) is 12.5. The molecule has 0 saturated heterocycles. The van der Waals surface area contributed by atoms with E-state index < -0.39 is 0 Å². The van der Waals surface area contributed by atoms with Crippen LogP contribution in [0.5, 0.6) is 0 Å². The van der Waals surface area contributed by atoms with Crippen molar-refractivity contribution >= 4 is 33.4 Å². The van der Waals surface area contributed by atoms with Crippen molar-refractivity contribution in [3.8, 4) is 6.07 Å². The lowest BCUT2D eigenvalue weighted by Gasteiger charge is -2.07. The van der Waals surface area contributed by atoms with Crippen LogP contribution in [0.2, 0.25) is 0 Å². The summed E-state index contributed by atoms with van der Waals surface area (Å²) in [5.41, 5.74) is 4.02. The van der Waals surface area contributed by atoms with E-state index in [4.69, 9.17) is 5.26 Å². The van der Waals surface area contributed by atoms with Crippen LogP contribution in [0.15, 0.2) is 66.7 Å². The summed E-state index contributed by atoms with van der Waals surface area (Å²) >= 11 is 0. The van der Waals surface area contributed by atoms with Gasteiger partial charge in [-0.15, -0.1) is 0 Å². The Morgan fingerprint density at radius 1 is 1.00 bits per heavy atom. The number of anilines is 1. The van der Waals surface area contributed by atoms with Gasteiger partial charge in [-0.1, -0.05) is 24.3 Å². The second kappa shape index (κ2) is 6.38. The number of carbonyl (C=O) groups is 1. The highest BCUT2D eigenvalue weighted by Crippen LogP contribution is 2.31. The second-order valence-corrected chi connectivity index (χ2v) is 6.14. The standard InChI is InChI=1S/C22H17N3O/c1-2-25-20-9-4-3-8-18(20)19-13-17(10-11-21(19)25)24-22(26)16-7-5-6-15(12-16)14-23/h3-13H,2H2,1H3,(H,24,26). The van der Waals surface area contributed by atoms with E-state index in [1.54, 1.807) is 24.3 Å². The molecule has 0 aliphatic carbocycles. The van der Waals surface area contributed by atoms with Gasteiger partial charge >= 0.3 is 0 Å². The Kier molecular flexibility index (Phi) is 3.91. The molecule has 4 nitrogen and oxygen atoms in total. The van der Waals surface area contributed by atoms with Crippen LogP contribution in [0.25, 0.3) is 21.8 Å². The van der Waals surface area contributed by atoms with Crippen LogP contribution in [0.4, 0.5) is 5.69 Å². The highest BCUT2D eigenvalue weighted by molar-refractivity contribution is 6.11. The molecule has 0 aliphatic rings. The Balaban J connectivity index is 1.75. The van der Waals surface area contributed by atoms with Gasteiger partial charge in [0, 0.05) is 39.6 Å². The van der Waals surface area contributed by atoms with E-state index in [0.717, 1.165) is 23.1 Å². The molecule has 1 amide bonds. The monoisotopic (exact) mass is 339 g/mol. The van der Waals surface area contributed by atoms with Gasteiger partial charge < -0.3 is 9.88 Å². The molecule has 0 bridgehead atoms. The van der Waals surface area contributed by atoms with E-state index in [0.29, 0.717) is 11.1 Å². The Bertz CT molecular complexity index is 1180. The van der Waals surface area contributed by atoms with E-state index in [-0.39, 0.29) is 5.91 Å². The Hall–Kier alpha value is -3.58. The first-order valence-electron chi connectivity index (χ1n) is 8.54. The van der Waals surface area contributed by atoms with Crippen LogP contribution in [0.1, 0.15) is 22.8 Å². The molecule has 1 N–H and O–H groups in total. The highest BCUT2D eigenvalue weighted by atomic mass is 16.1. The van der Waals surface area contributed by atoms with Gasteiger partial charge in [0.05, 0.1) is 11.6 Å². The van der Waals surface area contributed by atoms with Crippen molar-refractivity contribution in [2.24, 2.45) is 0 Å². The summed E-state index contributed by atoms with van der Waals surface area (Å²) < 4.78 is 2.27. The third-order valence-corrected chi connectivity index (χ3v) is 4.60. The summed E-state index contributed by atoms with van der Waals surface area (Å²) in [5, 5.41) is 14.2. The first-order chi connectivity index (χ1) is 12.7. The normalized spacial score (nSPS) is 10.8. The number of hydrogen-bond acceptors (Lipinski definition) is 2. The van der Waals surface area contributed by atoms with E-state index in [1.165, 1.54) is 10.9 Å². The molecule has 26 heavy (non-hydrogen) atoms. The first kappa shape index (κ1) is 15.9. The molecule has 126 valence electrons. The lowest BCUT2D eigenvalue weighted by Crippen LogP contribution is -2.11. The number of nitriles is 1. The maximum Gasteiger partial charge on any atom is 0.255 e. The predicted molar refractivity (Wildman–Crippen MR) is 104 cm³/mol. The minimum absolute atomic E-state index is 0.222. The molecule has 0 saturated carbocycles. The fourth-order valence-electron chi connectivity index (χ4n) is 3.41. The molecule has 0 aliphatic heterocycles. The summed E-state index contributed by atoms with van der Waals surface area (Å²) in [5.74, 6) is -0.222. The molecule has 0 unspecified atom stereocenters. The van der Waals surface area contributed by atoms with Crippen molar-refractivity contribution in [2.45, 2.75) is 13.5 Å². The first-order valence-corrected chi connectivity index (χ1v) is 8.54. The zero-order valence-electron chi connectivity index (χ0n) is 14.4. The number of amides is 1. The van der Waals surface area contributed by atoms with Gasteiger partial charge in [-0.3, -0.25) is 4.79 Å². The Labute approximate surface area is 151 Å². The molecule has 0 spiro atoms. The number of benzene rings is 3. The lowest BCUT2D eigenvalue weighted by atomic mass is 10.1. The number of rotatable bonds is 3. The van der Waals surface area contributed by atoms with Crippen LogP contribution in [0.3, 0.4) is 0 Å². The number of nitrogens with zero attached hydrogens (tertiary/aromatic N) is 2. The lowest BCUT2D eigenvalue weighted by molar-refractivity contribution is 0.102. The predicted octanol–water partition coefficient (Wildman–Crippen LogP) is 4.94. The molecular weight excluding hydrogens is 322 g/mol. The molecule has 4 heteroatoms. The fraction of sp³-hybridized carbons (Fsp3) is 0.0909.